The molecule has 5 rings (SSSR count). The van der Waals surface area contributed by atoms with Crippen LogP contribution < -0.4 is 157 Å². The van der Waals surface area contributed by atoms with Gasteiger partial charge in [0.05, 0.1) is 36.5 Å². The summed E-state index contributed by atoms with van der Waals surface area (Å²) < 4.78 is 17.9. The number of aromatic hydroxyl groups is 2. The summed E-state index contributed by atoms with van der Waals surface area (Å²) in [6.07, 6.45) is -10.1. The summed E-state index contributed by atoms with van der Waals surface area (Å²) in [5.74, 6) is -17.6. The van der Waals surface area contributed by atoms with Crippen molar-refractivity contribution in [3.05, 3.63) is 58.2 Å². The number of nitrogens with one attached hydrogen (secondary N) is 27. The number of hydrogen-bond acceptors (Lipinski definition) is 30. The van der Waals surface area contributed by atoms with E-state index in [1.54, 1.807) is 12.1 Å². The second-order valence-electron chi connectivity index (χ2n) is 35.2. The van der Waals surface area contributed by atoms with Crippen LogP contribution in [0.15, 0.2) is 24.8 Å². The van der Waals surface area contributed by atoms with E-state index < -0.39 is 258 Å². The van der Waals surface area contributed by atoms with Crippen molar-refractivity contribution in [3.8, 4) is 17.2 Å². The molecule has 0 bridgehead atoms. The number of aliphatic hydroxyl groups is 3. The van der Waals surface area contributed by atoms with E-state index in [-0.39, 0.29) is 238 Å². The van der Waals surface area contributed by atoms with Gasteiger partial charge in [0.15, 0.2) is 59.7 Å². The molecule has 12 amide bonds. The van der Waals surface area contributed by atoms with Crippen LogP contribution in [-0.4, -0.2) is 313 Å². The lowest BCUT2D eigenvalue weighted by Crippen LogP contribution is -2.60. The van der Waals surface area contributed by atoms with Crippen LogP contribution in [0.1, 0.15) is 206 Å². The Bertz CT molecular complexity index is 5010. The zero-order valence-corrected chi connectivity index (χ0v) is 81.9. The first kappa shape index (κ1) is 121. The highest BCUT2D eigenvalue weighted by atomic mass is 16.7. The molecule has 3 aliphatic rings. The fourth-order valence-corrected chi connectivity index (χ4v) is 16.4. The van der Waals surface area contributed by atoms with Crippen LogP contribution in [0, 0.1) is 43.3 Å². The van der Waals surface area contributed by atoms with Gasteiger partial charge in [-0.15, -0.1) is 0 Å². The number of guanidine groups is 8. The van der Waals surface area contributed by atoms with Crippen LogP contribution in [0.5, 0.6) is 17.2 Å². The standard InChI is InChI=1S/C88H146N36O22/c1-42-45-16-7-26-57(144-4)64(45)69(132)66-63(42)68(131)46-39-88(143,59(127)41-125)40-58(65(46)70(66)133)146-62-38-56(67(130)43(2)145-62)117-61(129)28-27-60(128)116-50(21-11-33-110-83(96)97)74(137)119-48(19-9-31-108-81(92)93)72(135)106-29-6-5-17-51(120-77(140)53(23-13-35-112-85(100)101)121-73(136)49(115-44(3)126)20-10-32-109-82(94)95)76(139)123-54(24-14-36-113-86(102)103)79(142)124-55(25-15-37-114-87(104)105)78(141)122-52(22-12-34-111-84(98)99)75(138)118-47(71(89)134)18-8-30-107-80(90)91/h7,16,26,43,47-56,58,62,67,125,130-131,133,143H,1,5-6,8-15,17-25,27-41H2,2-4H3,(H2,89,134)(H,106,135)(H,115,126)(H,116,128)(H,117,129)(H,118,138)(H,119,137)(H,120,140)(H,121,136)(H,122,141)(H,123,139)(H,124,142)(H4,90,91,107)(H4,92,93,108)(H4,94,95,109)(H4,96,97,110)(H4,98,99,111)(H4,100,101,112)(H4,102,103,113)(H4,104,105,114)/t43?,47-,48-,49?,50-,51?,52-,53?,54-,55-,56?,58-,62?,67?,88+/m0/s1. The highest BCUT2D eigenvalue weighted by Gasteiger charge is 2.51. The minimum absolute atomic E-state index is 0.00280. The Labute approximate surface area is 841 Å². The Hall–Kier alpha value is -15.5. The maximum absolute atomic E-state index is 15.3. The van der Waals surface area contributed by atoms with Gasteiger partial charge in [0, 0.05) is 115 Å². The SMILES string of the molecule is C=C1c2cccc(OC)c2C(=O)c2c(O)c3c(c(O)c21)C[C@](O)(C(=O)CO)C[C@@H]3OC1CC(NC(=O)CCC(=O)N[C@@H](CCCNC(=N)N)C(=O)N[C@@H](CCCNC(=N)N)C(=O)NCCCCC(NC(=O)C(CCCNC(=N)N)NC(=O)C(CCCNC(=N)N)NC(C)=O)C(=O)N[C@@H](CCCNC(=N)N)C(=O)N[C@@H](CCCNC(=N)N)C(=O)N[C@@H](CCCNC(=N)N)C(=O)N[C@@H](CCCNC(=N)N)C(N)=O)C(O)C(C)O1. The number of primary amides is 1. The molecule has 146 heavy (non-hydrogen) atoms. The predicted octanol–water partition coefficient (Wildman–Crippen LogP) is -9.97. The number of amides is 12. The van der Waals surface area contributed by atoms with Crippen molar-refractivity contribution in [1.29, 1.82) is 43.3 Å². The first-order valence-corrected chi connectivity index (χ1v) is 47.6. The molecule has 2 aliphatic carbocycles. The molecular formula is C88H146N36O22. The van der Waals surface area contributed by atoms with E-state index in [9.17, 15) is 78.3 Å². The van der Waals surface area contributed by atoms with E-state index >= 15 is 14.4 Å². The lowest BCUT2D eigenvalue weighted by atomic mass is 9.71. The minimum atomic E-state index is -2.45. The predicted molar refractivity (Wildman–Crippen MR) is 532 cm³/mol. The third kappa shape index (κ3) is 40.4. The third-order valence-corrected chi connectivity index (χ3v) is 23.7. The van der Waals surface area contributed by atoms with Crippen LogP contribution in [0.4, 0.5) is 0 Å². The van der Waals surface area contributed by atoms with E-state index in [1.165, 1.54) is 20.1 Å². The second kappa shape index (κ2) is 60.8. The van der Waals surface area contributed by atoms with Gasteiger partial charge in [0.1, 0.15) is 89.9 Å². The topological polar surface area (TPSA) is 1020 Å². The molecule has 58 heteroatoms. The number of nitrogens with two attached hydrogens (primary N) is 9. The van der Waals surface area contributed by atoms with E-state index in [4.69, 9.17) is 109 Å². The van der Waals surface area contributed by atoms with Crippen LogP contribution >= 0.6 is 0 Å². The molecule has 1 heterocycles. The Morgan fingerprint density at radius 2 is 0.788 bits per heavy atom. The molecule has 1 saturated heterocycles. The average Bonchev–Trinajstić information content (AvgIpc) is 0.708. The van der Waals surface area contributed by atoms with Gasteiger partial charge in [-0.05, 0) is 146 Å². The van der Waals surface area contributed by atoms with E-state index in [1.807, 2.05) is 0 Å². The number of phenols is 2. The first-order valence-electron chi connectivity index (χ1n) is 47.6. The van der Waals surface area contributed by atoms with Gasteiger partial charge in [0.2, 0.25) is 76.7 Å². The van der Waals surface area contributed by atoms with Crippen molar-refractivity contribution in [2.45, 2.75) is 259 Å². The number of fused-ring (bicyclic) bond motifs is 3. The number of ether oxygens (including phenoxy) is 3. The molecule has 50 N–H and O–H groups in total. The summed E-state index contributed by atoms with van der Waals surface area (Å²) in [4.78, 5) is 199. The summed E-state index contributed by atoms with van der Waals surface area (Å²) >= 11 is 0. The fraction of sp³-hybridized carbons (Fsp3) is 0.591. The molecule has 2 aromatic carbocycles. The van der Waals surface area contributed by atoms with Crippen LogP contribution in [-0.2, 0) is 78.2 Å². The molecule has 0 spiro atoms. The van der Waals surface area contributed by atoms with Crippen molar-refractivity contribution in [3.63, 3.8) is 0 Å². The highest BCUT2D eigenvalue weighted by Crippen LogP contribution is 2.55. The van der Waals surface area contributed by atoms with Gasteiger partial charge in [-0.3, -0.25) is 110 Å². The highest BCUT2D eigenvalue weighted by molar-refractivity contribution is 6.22. The minimum Gasteiger partial charge on any atom is -0.507 e. The number of methoxy groups -OCH3 is 1. The molecule has 15 atom stereocenters. The molecule has 810 valence electrons. The van der Waals surface area contributed by atoms with Gasteiger partial charge in [0.25, 0.3) is 0 Å². The number of carbonyl (C=O) groups excluding carboxylic acids is 14. The second-order valence-corrected chi connectivity index (χ2v) is 35.2. The number of benzene rings is 2. The van der Waals surface area contributed by atoms with Crippen molar-refractivity contribution in [2.75, 3.05) is 72.6 Å². The number of phenolic OH excluding ortho intramolecular Hbond substituents is 2. The molecule has 2 aromatic rings. The third-order valence-electron chi connectivity index (χ3n) is 23.7. The monoisotopic (exact) mass is 2060 g/mol. The normalized spacial score (nSPS) is 17.7. The lowest BCUT2D eigenvalue weighted by molar-refractivity contribution is -0.249. The van der Waals surface area contributed by atoms with Gasteiger partial charge >= 0.3 is 0 Å². The maximum atomic E-state index is 15.3. The molecule has 1 fully saturated rings. The average molecular weight is 2060 g/mol. The van der Waals surface area contributed by atoms with Crippen LogP contribution in [0.25, 0.3) is 5.57 Å². The Morgan fingerprint density at radius 3 is 1.14 bits per heavy atom. The number of hydrogen-bond donors (Lipinski definition) is 41. The Balaban J connectivity index is 1.45. The van der Waals surface area contributed by atoms with Crippen molar-refractivity contribution < 1.29 is 107 Å². The number of carbonyl (C=O) groups is 14. The maximum Gasteiger partial charge on any atom is 0.243 e. The molecule has 0 saturated carbocycles. The number of aliphatic hydroxyl groups excluding tert-OH is 2. The summed E-state index contributed by atoms with van der Waals surface area (Å²) in [5.41, 5.74) is 46.8. The molecule has 0 aromatic heterocycles. The number of rotatable bonds is 64. The van der Waals surface area contributed by atoms with Gasteiger partial charge in [-0.25, -0.2) is 0 Å². The van der Waals surface area contributed by atoms with Gasteiger partial charge < -0.3 is 192 Å². The van der Waals surface area contributed by atoms with E-state index in [0.717, 1.165) is 6.92 Å². The Kier molecular flexibility index (Phi) is 50.4. The number of Topliss-reactive ketones (excluding diaryl/α,β-unsaturated/α-hetero) is 1. The largest absolute Gasteiger partial charge is 0.507 e. The van der Waals surface area contributed by atoms with Crippen LogP contribution in [0.2, 0.25) is 0 Å². The summed E-state index contributed by atoms with van der Waals surface area (Å²) in [5, 5.41) is 169. The number of unbranched alkanes of at least 4 members (excludes halogenated alkanes) is 1. The Morgan fingerprint density at radius 1 is 0.452 bits per heavy atom. The molecular weight excluding hydrogens is 1910 g/mol. The quantitative estimate of drug-likeness (QED) is 0.0108. The lowest BCUT2D eigenvalue weighted by Gasteiger charge is -2.43. The summed E-state index contributed by atoms with van der Waals surface area (Å²) in [6, 6.07) is -10.2. The molecule has 0 radical (unpaired) electrons. The first-order chi connectivity index (χ1) is 69.0. The number of ketones is 2. The summed E-state index contributed by atoms with van der Waals surface area (Å²) in [7, 11) is 1.32. The zero-order valence-electron chi connectivity index (χ0n) is 81.9. The van der Waals surface area contributed by atoms with Gasteiger partial charge in [-0.2, -0.15) is 0 Å². The van der Waals surface area contributed by atoms with Crippen molar-refractivity contribution >= 4 is 136 Å². The van der Waals surface area contributed by atoms with E-state index in [2.05, 4.69) is 108 Å². The van der Waals surface area contributed by atoms with Crippen molar-refractivity contribution in [2.24, 2.45) is 51.6 Å². The smallest absolute Gasteiger partial charge is 0.243 e. The van der Waals surface area contributed by atoms with Crippen LogP contribution in [0.3, 0.4) is 0 Å². The fourth-order valence-electron chi connectivity index (χ4n) is 16.4. The van der Waals surface area contributed by atoms with Crippen molar-refractivity contribution in [1.82, 2.24) is 101 Å². The molecule has 7 unspecified atom stereocenters. The summed E-state index contributed by atoms with van der Waals surface area (Å²) in [6.45, 7) is 5.26. The molecule has 58 nitrogen and oxygen atoms in total. The molecule has 1 aliphatic heterocycles. The van der Waals surface area contributed by atoms with E-state index in [0.29, 0.717) is 0 Å². The zero-order chi connectivity index (χ0) is 109. The van der Waals surface area contributed by atoms with Gasteiger partial charge in [-0.1, -0.05) is 18.7 Å².